The Morgan fingerprint density at radius 3 is 2.63 bits per heavy atom. The molecule has 1 aromatic carbocycles. The number of aromatic nitrogens is 2. The Kier molecular flexibility index (Phi) is 4.52. The molecule has 0 aliphatic rings. The van der Waals surface area contributed by atoms with Crippen molar-refractivity contribution in [1.82, 2.24) is 10.2 Å². The predicted octanol–water partition coefficient (Wildman–Crippen LogP) is 4.17. The number of hydrogen-bond acceptors (Lipinski definition) is 3. The summed E-state index contributed by atoms with van der Waals surface area (Å²) in [7, 11) is 1.67. The topological polar surface area (TPSA) is 49.9 Å². The van der Waals surface area contributed by atoms with Crippen molar-refractivity contribution in [2.75, 3.05) is 12.4 Å². The summed E-state index contributed by atoms with van der Waals surface area (Å²) in [5, 5.41) is 10.5. The molecule has 0 saturated carbocycles. The van der Waals surface area contributed by atoms with E-state index >= 15 is 0 Å². The van der Waals surface area contributed by atoms with Crippen molar-refractivity contribution in [1.29, 1.82) is 0 Å². The van der Waals surface area contributed by atoms with Crippen molar-refractivity contribution < 1.29 is 4.74 Å². The zero-order chi connectivity index (χ0) is 14.0. The van der Waals surface area contributed by atoms with Gasteiger partial charge in [-0.1, -0.05) is 15.9 Å². The fourth-order valence-corrected chi connectivity index (χ4v) is 3.44. The maximum absolute atomic E-state index is 5.43. The van der Waals surface area contributed by atoms with Gasteiger partial charge >= 0.3 is 0 Å². The van der Waals surface area contributed by atoms with Crippen LogP contribution in [0.25, 0.3) is 0 Å². The fourth-order valence-electron chi connectivity index (χ4n) is 1.97. The van der Waals surface area contributed by atoms with Gasteiger partial charge in [-0.05, 0) is 41.9 Å². The van der Waals surface area contributed by atoms with Crippen molar-refractivity contribution in [2.24, 2.45) is 0 Å². The van der Waals surface area contributed by atoms with Crippen LogP contribution in [0.3, 0.4) is 0 Å². The first kappa shape index (κ1) is 14.4. The third kappa shape index (κ3) is 3.12. The zero-order valence-electron chi connectivity index (χ0n) is 11.0. The number of halogens is 2. The lowest BCUT2D eigenvalue weighted by atomic mass is 10.2. The average Bonchev–Trinajstić information content (AvgIpc) is 2.66. The van der Waals surface area contributed by atoms with Crippen molar-refractivity contribution in [3.05, 3.63) is 38.0 Å². The fraction of sp³-hybridized carbons (Fsp3) is 0.308. The zero-order valence-corrected chi connectivity index (χ0v) is 14.1. The maximum Gasteiger partial charge on any atom is 0.138 e. The van der Waals surface area contributed by atoms with Gasteiger partial charge in [0, 0.05) is 16.6 Å². The third-order valence-corrected chi connectivity index (χ3v) is 3.92. The predicted molar refractivity (Wildman–Crippen MR) is 83.8 cm³/mol. The summed E-state index contributed by atoms with van der Waals surface area (Å²) in [5.74, 6) is 0.842. The minimum absolute atomic E-state index is 0.669. The molecule has 6 heteroatoms. The van der Waals surface area contributed by atoms with E-state index in [9.17, 15) is 0 Å². The van der Waals surface area contributed by atoms with Crippen molar-refractivity contribution in [3.8, 4) is 5.75 Å². The van der Waals surface area contributed by atoms with Crippen molar-refractivity contribution in [2.45, 2.75) is 20.4 Å². The molecular weight excluding hydrogens is 374 g/mol. The molecule has 2 rings (SSSR count). The van der Waals surface area contributed by atoms with E-state index < -0.39 is 0 Å². The summed E-state index contributed by atoms with van der Waals surface area (Å²) >= 11 is 7.00. The van der Waals surface area contributed by atoms with Gasteiger partial charge in [-0.2, -0.15) is 5.10 Å². The van der Waals surface area contributed by atoms with E-state index in [0.29, 0.717) is 6.54 Å². The Morgan fingerprint density at radius 2 is 2.05 bits per heavy atom. The molecule has 0 radical (unpaired) electrons. The third-order valence-electron chi connectivity index (χ3n) is 2.87. The maximum atomic E-state index is 5.43. The number of H-pyrrole nitrogens is 1. The number of nitrogens with one attached hydrogen (secondary N) is 2. The smallest absolute Gasteiger partial charge is 0.138 e. The van der Waals surface area contributed by atoms with E-state index in [2.05, 4.69) is 47.4 Å². The summed E-state index contributed by atoms with van der Waals surface area (Å²) in [6.07, 6.45) is 0. The average molecular weight is 389 g/mol. The molecule has 0 bridgehead atoms. The van der Waals surface area contributed by atoms with Gasteiger partial charge < -0.3 is 10.1 Å². The van der Waals surface area contributed by atoms with Crippen LogP contribution < -0.4 is 10.1 Å². The summed E-state index contributed by atoms with van der Waals surface area (Å²) in [4.78, 5) is 0. The van der Waals surface area contributed by atoms with Gasteiger partial charge in [0.25, 0.3) is 0 Å². The molecule has 0 aliphatic heterocycles. The number of hydrogen-bond donors (Lipinski definition) is 2. The van der Waals surface area contributed by atoms with Gasteiger partial charge in [0.05, 0.1) is 28.7 Å². The van der Waals surface area contributed by atoms with Crippen LogP contribution in [-0.4, -0.2) is 17.3 Å². The normalized spacial score (nSPS) is 10.6. The molecule has 0 fully saturated rings. The van der Waals surface area contributed by atoms with E-state index in [1.54, 1.807) is 7.11 Å². The van der Waals surface area contributed by atoms with Crippen LogP contribution in [0, 0.1) is 13.8 Å². The highest BCUT2D eigenvalue weighted by molar-refractivity contribution is 9.11. The Hall–Kier alpha value is -1.01. The van der Waals surface area contributed by atoms with Gasteiger partial charge in [-0.15, -0.1) is 0 Å². The second-order valence-corrected chi connectivity index (χ2v) is 6.01. The molecule has 19 heavy (non-hydrogen) atoms. The molecule has 0 spiro atoms. The molecule has 0 unspecified atom stereocenters. The number of methoxy groups -OCH3 is 1. The number of benzene rings is 1. The molecule has 4 nitrogen and oxygen atoms in total. The minimum Gasteiger partial charge on any atom is -0.495 e. The van der Waals surface area contributed by atoms with Crippen LogP contribution in [0.5, 0.6) is 5.75 Å². The van der Waals surface area contributed by atoms with Gasteiger partial charge in [-0.25, -0.2) is 0 Å². The first-order chi connectivity index (χ1) is 9.02. The van der Waals surface area contributed by atoms with Gasteiger partial charge in [0.15, 0.2) is 0 Å². The second kappa shape index (κ2) is 5.96. The van der Waals surface area contributed by atoms with Crippen LogP contribution in [0.15, 0.2) is 21.1 Å². The Labute approximate surface area is 129 Å². The summed E-state index contributed by atoms with van der Waals surface area (Å²) in [6, 6.07) is 4.01. The van der Waals surface area contributed by atoms with Gasteiger partial charge in [-0.3, -0.25) is 5.10 Å². The van der Waals surface area contributed by atoms with E-state index in [0.717, 1.165) is 37.3 Å². The molecule has 2 aromatic rings. The second-order valence-electron chi connectivity index (χ2n) is 4.24. The molecule has 0 atom stereocenters. The van der Waals surface area contributed by atoms with Crippen LogP contribution in [0.4, 0.5) is 5.69 Å². The highest BCUT2D eigenvalue weighted by atomic mass is 79.9. The minimum atomic E-state index is 0.669. The quantitative estimate of drug-likeness (QED) is 0.826. The lowest BCUT2D eigenvalue weighted by Gasteiger charge is -2.13. The lowest BCUT2D eigenvalue weighted by Crippen LogP contribution is -2.03. The van der Waals surface area contributed by atoms with E-state index in [1.165, 1.54) is 0 Å². The van der Waals surface area contributed by atoms with Gasteiger partial charge in [0.1, 0.15) is 5.75 Å². The lowest BCUT2D eigenvalue weighted by molar-refractivity contribution is 0.407. The van der Waals surface area contributed by atoms with Gasteiger partial charge in [0.2, 0.25) is 0 Å². The number of anilines is 1. The first-order valence-electron chi connectivity index (χ1n) is 5.80. The van der Waals surface area contributed by atoms with Crippen LogP contribution >= 0.6 is 31.9 Å². The van der Waals surface area contributed by atoms with E-state index in [-0.39, 0.29) is 0 Å². The first-order valence-corrected chi connectivity index (χ1v) is 7.39. The van der Waals surface area contributed by atoms with Crippen LogP contribution in [0.1, 0.15) is 17.0 Å². The van der Waals surface area contributed by atoms with Crippen molar-refractivity contribution >= 4 is 37.5 Å². The molecule has 1 aromatic heterocycles. The number of aryl methyl sites for hydroxylation is 2. The highest BCUT2D eigenvalue weighted by Crippen LogP contribution is 2.33. The van der Waals surface area contributed by atoms with Crippen molar-refractivity contribution in [3.63, 3.8) is 0 Å². The molecule has 0 amide bonds. The van der Waals surface area contributed by atoms with Crippen LogP contribution in [0.2, 0.25) is 0 Å². The molecule has 2 N–H and O–H groups in total. The highest BCUT2D eigenvalue weighted by Gasteiger charge is 2.11. The largest absolute Gasteiger partial charge is 0.495 e. The Morgan fingerprint density at radius 1 is 1.32 bits per heavy atom. The molecular formula is C13H15Br2N3O. The summed E-state index contributed by atoms with van der Waals surface area (Å²) < 4.78 is 7.37. The van der Waals surface area contributed by atoms with E-state index in [4.69, 9.17) is 4.74 Å². The van der Waals surface area contributed by atoms with E-state index in [1.807, 2.05) is 26.0 Å². The molecule has 0 saturated heterocycles. The number of aromatic amines is 1. The number of nitrogens with zero attached hydrogens (tertiary/aromatic N) is 1. The number of rotatable bonds is 4. The summed E-state index contributed by atoms with van der Waals surface area (Å²) in [5.41, 5.74) is 4.11. The SMILES string of the molecule is COc1c(Br)cc(Br)cc1CNc1c(C)n[nH]c1C. The standard InChI is InChI=1S/C13H15Br2N3O/c1-7-12(8(2)18-17-7)16-6-9-4-10(14)5-11(15)13(9)19-3/h4-5,16H,6H2,1-3H3,(H,17,18). The molecule has 102 valence electrons. The van der Waals surface area contributed by atoms with Crippen LogP contribution in [-0.2, 0) is 6.54 Å². The summed E-state index contributed by atoms with van der Waals surface area (Å²) in [6.45, 7) is 4.64. The number of ether oxygens (including phenoxy) is 1. The Balaban J connectivity index is 2.24. The monoisotopic (exact) mass is 387 g/mol. The Bertz CT molecular complexity index is 576. The molecule has 0 aliphatic carbocycles. The molecule has 1 heterocycles.